The Morgan fingerprint density at radius 2 is 2.00 bits per heavy atom. The lowest BCUT2D eigenvalue weighted by atomic mass is 9.72. The van der Waals surface area contributed by atoms with Crippen molar-refractivity contribution in [1.29, 1.82) is 0 Å². The summed E-state index contributed by atoms with van der Waals surface area (Å²) in [6.07, 6.45) is 2.31. The van der Waals surface area contributed by atoms with Crippen molar-refractivity contribution >= 4 is 21.9 Å². The molecular weight excluding hydrogens is 396 g/mol. The molecule has 2 fully saturated rings. The predicted octanol–water partition coefficient (Wildman–Crippen LogP) is 1.94. The van der Waals surface area contributed by atoms with Crippen molar-refractivity contribution in [2.45, 2.75) is 56.5 Å². The van der Waals surface area contributed by atoms with Crippen molar-refractivity contribution in [2.75, 3.05) is 20.8 Å². The summed E-state index contributed by atoms with van der Waals surface area (Å²) in [5.41, 5.74) is -0.669. The van der Waals surface area contributed by atoms with E-state index in [-0.39, 0.29) is 29.1 Å². The molecule has 8 nitrogen and oxygen atoms in total. The highest BCUT2D eigenvalue weighted by Gasteiger charge is 2.63. The Kier molecular flexibility index (Phi) is 5.91. The van der Waals surface area contributed by atoms with Crippen LogP contribution in [0.15, 0.2) is 23.1 Å². The fourth-order valence-corrected chi connectivity index (χ4v) is 6.76. The highest BCUT2D eigenvalue weighted by Crippen LogP contribution is 2.54. The van der Waals surface area contributed by atoms with Crippen LogP contribution in [-0.2, 0) is 19.6 Å². The van der Waals surface area contributed by atoms with Crippen LogP contribution in [-0.4, -0.2) is 57.4 Å². The van der Waals surface area contributed by atoms with Gasteiger partial charge in [0.1, 0.15) is 5.75 Å². The van der Waals surface area contributed by atoms with E-state index in [1.54, 1.807) is 6.92 Å². The number of amides is 1. The van der Waals surface area contributed by atoms with E-state index in [1.165, 1.54) is 36.7 Å². The number of hydrogen-bond acceptors (Lipinski definition) is 6. The second kappa shape index (κ2) is 7.95. The number of methoxy groups -OCH3 is 1. The lowest BCUT2D eigenvalue weighted by molar-refractivity contribution is -0.157. The van der Waals surface area contributed by atoms with E-state index in [4.69, 9.17) is 9.47 Å². The van der Waals surface area contributed by atoms with Crippen LogP contribution in [0.3, 0.4) is 0 Å². The van der Waals surface area contributed by atoms with Crippen molar-refractivity contribution in [3.8, 4) is 5.75 Å². The number of ether oxygens (including phenoxy) is 2. The number of esters is 1. The van der Waals surface area contributed by atoms with Gasteiger partial charge < -0.3 is 14.8 Å². The molecule has 2 heterocycles. The van der Waals surface area contributed by atoms with Crippen molar-refractivity contribution < 1.29 is 27.5 Å². The second-order valence-corrected chi connectivity index (χ2v) is 9.30. The average Bonchev–Trinajstić information content (AvgIpc) is 3.30. The van der Waals surface area contributed by atoms with Gasteiger partial charge in [-0.3, -0.25) is 9.59 Å². The van der Waals surface area contributed by atoms with Crippen LogP contribution < -0.4 is 10.1 Å². The molecule has 2 saturated heterocycles. The van der Waals surface area contributed by atoms with Crippen LogP contribution in [0.4, 0.5) is 0 Å². The first kappa shape index (κ1) is 21.6. The molecule has 0 spiro atoms. The number of fused-ring (bicyclic) bond motifs is 2. The first-order valence-electron chi connectivity index (χ1n) is 9.87. The van der Waals surface area contributed by atoms with E-state index in [1.807, 2.05) is 6.92 Å². The van der Waals surface area contributed by atoms with E-state index >= 15 is 0 Å². The molecule has 3 rings (SSSR count). The lowest BCUT2D eigenvalue weighted by Gasteiger charge is -2.34. The van der Waals surface area contributed by atoms with Crippen LogP contribution in [0.5, 0.6) is 5.75 Å². The third-order valence-electron chi connectivity index (χ3n) is 6.21. The number of nitrogens with one attached hydrogen (secondary N) is 1. The van der Waals surface area contributed by atoms with Gasteiger partial charge >= 0.3 is 5.97 Å². The molecule has 2 aliphatic heterocycles. The topological polar surface area (TPSA) is 102 Å². The lowest BCUT2D eigenvalue weighted by Crippen LogP contribution is -2.45. The summed E-state index contributed by atoms with van der Waals surface area (Å²) in [6.45, 7) is 3.92. The van der Waals surface area contributed by atoms with E-state index < -0.39 is 27.4 Å². The molecule has 0 saturated carbocycles. The number of benzene rings is 1. The van der Waals surface area contributed by atoms with Crippen LogP contribution >= 0.6 is 0 Å². The Labute approximate surface area is 171 Å². The fourth-order valence-electron chi connectivity index (χ4n) is 4.79. The maximum absolute atomic E-state index is 13.5. The minimum absolute atomic E-state index is 0.0181. The number of rotatable bonds is 7. The largest absolute Gasteiger partial charge is 0.496 e. The van der Waals surface area contributed by atoms with Crippen LogP contribution in [0.2, 0.25) is 0 Å². The summed E-state index contributed by atoms with van der Waals surface area (Å²) in [4.78, 5) is 25.0. The second-order valence-electron chi connectivity index (χ2n) is 7.46. The van der Waals surface area contributed by atoms with Crippen LogP contribution in [0.1, 0.15) is 49.9 Å². The maximum atomic E-state index is 13.5. The molecule has 0 aromatic heterocycles. The summed E-state index contributed by atoms with van der Waals surface area (Å²) in [5, 5.41) is 2.50. The van der Waals surface area contributed by atoms with Gasteiger partial charge in [-0.25, -0.2) is 8.42 Å². The zero-order valence-electron chi connectivity index (χ0n) is 17.2. The minimum atomic E-state index is -3.90. The monoisotopic (exact) mass is 424 g/mol. The predicted molar refractivity (Wildman–Crippen MR) is 106 cm³/mol. The molecule has 1 aromatic carbocycles. The van der Waals surface area contributed by atoms with Crippen molar-refractivity contribution in [3.05, 3.63) is 23.8 Å². The molecule has 1 N–H and O–H groups in total. The summed E-state index contributed by atoms with van der Waals surface area (Å²) in [5.74, 6) is -0.462. The number of nitrogens with zero attached hydrogens (tertiary/aromatic N) is 1. The van der Waals surface area contributed by atoms with Gasteiger partial charge in [-0.1, -0.05) is 6.92 Å². The molecule has 0 aliphatic carbocycles. The summed E-state index contributed by atoms with van der Waals surface area (Å²) < 4.78 is 39.1. The number of hydrogen-bond donors (Lipinski definition) is 1. The molecule has 29 heavy (non-hydrogen) atoms. The minimum Gasteiger partial charge on any atom is -0.496 e. The molecule has 2 bridgehead atoms. The zero-order valence-corrected chi connectivity index (χ0v) is 18.0. The van der Waals surface area contributed by atoms with Gasteiger partial charge in [0.2, 0.25) is 10.0 Å². The Morgan fingerprint density at radius 3 is 2.59 bits per heavy atom. The Hall–Kier alpha value is -2.13. The van der Waals surface area contributed by atoms with Gasteiger partial charge in [0.25, 0.3) is 5.91 Å². The normalized spacial score (nSPS) is 26.3. The Bertz CT molecular complexity index is 916. The molecule has 1 aromatic rings. The smallest absolute Gasteiger partial charge is 0.313 e. The van der Waals surface area contributed by atoms with Gasteiger partial charge in [-0.05, 0) is 50.8 Å². The Balaban J connectivity index is 2.03. The molecule has 9 heteroatoms. The molecular formula is C20H28N2O6S. The molecule has 3 atom stereocenters. The number of carbonyl (C=O) groups excluding carboxylic acids is 2. The standard InChI is InChI=1S/C20H28N2O6S/c1-5-20(19(24)28-6-2)12-13-7-10-17(20)22(13)29(25,26)14-8-9-16(27-4)15(11-14)18(23)21-3/h8-9,11,13,17H,5-7,10,12H2,1-4H3,(H,21,23)/t13-,17+,20+/m0/s1. The summed E-state index contributed by atoms with van der Waals surface area (Å²) >= 11 is 0. The third-order valence-corrected chi connectivity index (χ3v) is 8.17. The van der Waals surface area contributed by atoms with E-state index in [0.29, 0.717) is 31.4 Å². The maximum Gasteiger partial charge on any atom is 0.313 e. The average molecular weight is 425 g/mol. The molecule has 0 radical (unpaired) electrons. The van der Waals surface area contributed by atoms with Gasteiger partial charge in [0.05, 0.1) is 29.6 Å². The summed E-state index contributed by atoms with van der Waals surface area (Å²) in [6, 6.07) is 3.57. The fraction of sp³-hybridized carbons (Fsp3) is 0.600. The highest BCUT2D eigenvalue weighted by molar-refractivity contribution is 7.89. The van der Waals surface area contributed by atoms with E-state index in [0.717, 1.165) is 0 Å². The van der Waals surface area contributed by atoms with Crippen LogP contribution in [0, 0.1) is 5.41 Å². The van der Waals surface area contributed by atoms with Gasteiger partial charge in [0.15, 0.2) is 0 Å². The van der Waals surface area contributed by atoms with E-state index in [9.17, 15) is 18.0 Å². The highest BCUT2D eigenvalue weighted by atomic mass is 32.2. The number of carbonyl (C=O) groups is 2. The Morgan fingerprint density at radius 1 is 1.28 bits per heavy atom. The van der Waals surface area contributed by atoms with Gasteiger partial charge in [-0.2, -0.15) is 4.31 Å². The molecule has 2 aliphatic rings. The summed E-state index contributed by atoms with van der Waals surface area (Å²) in [7, 11) is -1.01. The van der Waals surface area contributed by atoms with E-state index in [2.05, 4.69) is 5.32 Å². The molecule has 1 amide bonds. The molecule has 160 valence electrons. The van der Waals surface area contributed by atoms with Gasteiger partial charge in [0, 0.05) is 19.1 Å². The van der Waals surface area contributed by atoms with Gasteiger partial charge in [-0.15, -0.1) is 0 Å². The van der Waals surface area contributed by atoms with Crippen LogP contribution in [0.25, 0.3) is 0 Å². The van der Waals surface area contributed by atoms with Crippen molar-refractivity contribution in [1.82, 2.24) is 9.62 Å². The zero-order chi connectivity index (χ0) is 21.4. The van der Waals surface area contributed by atoms with Crippen molar-refractivity contribution in [2.24, 2.45) is 5.41 Å². The third kappa shape index (κ3) is 3.30. The number of sulfonamides is 1. The first-order chi connectivity index (χ1) is 13.8. The molecule has 0 unspecified atom stereocenters. The quantitative estimate of drug-likeness (QED) is 0.671. The van der Waals surface area contributed by atoms with Crippen molar-refractivity contribution in [3.63, 3.8) is 0 Å². The first-order valence-corrected chi connectivity index (χ1v) is 11.3. The SMILES string of the molecule is CCOC(=O)[C@]1(CC)C[C@@H]2CC[C@H]1N2S(=O)(=O)c1ccc(OC)c(C(=O)NC)c1.